The second-order valence-corrected chi connectivity index (χ2v) is 5.57. The standard InChI is InChI=1S/C17H15ClN2O/c18-15-7-5-12(6-8-15)9-17(21)20-19-16-10-13-3-1-2-4-14(13)11-16/h1-8H,9-11H2,(H,20,21). The van der Waals surface area contributed by atoms with Crippen LogP contribution in [0.15, 0.2) is 53.6 Å². The Morgan fingerprint density at radius 3 is 2.29 bits per heavy atom. The predicted octanol–water partition coefficient (Wildman–Crippen LogP) is 3.15. The third kappa shape index (κ3) is 3.50. The molecule has 2 aromatic rings. The summed E-state index contributed by atoms with van der Waals surface area (Å²) in [5.74, 6) is -0.110. The molecular weight excluding hydrogens is 284 g/mol. The number of fused-ring (bicyclic) bond motifs is 1. The summed E-state index contributed by atoms with van der Waals surface area (Å²) in [6.07, 6.45) is 1.94. The van der Waals surface area contributed by atoms with Gasteiger partial charge in [0.1, 0.15) is 0 Å². The van der Waals surface area contributed by atoms with Gasteiger partial charge in [-0.05, 0) is 28.8 Å². The van der Waals surface area contributed by atoms with Gasteiger partial charge in [0.2, 0.25) is 5.91 Å². The monoisotopic (exact) mass is 298 g/mol. The second-order valence-electron chi connectivity index (χ2n) is 5.14. The van der Waals surface area contributed by atoms with Crippen molar-refractivity contribution in [3.05, 3.63) is 70.2 Å². The largest absolute Gasteiger partial charge is 0.273 e. The molecule has 0 aromatic heterocycles. The molecule has 21 heavy (non-hydrogen) atoms. The summed E-state index contributed by atoms with van der Waals surface area (Å²) in [5, 5.41) is 4.91. The first-order valence-electron chi connectivity index (χ1n) is 6.86. The highest BCUT2D eigenvalue weighted by Gasteiger charge is 2.16. The Morgan fingerprint density at radius 2 is 1.67 bits per heavy atom. The number of hydrogen-bond acceptors (Lipinski definition) is 2. The van der Waals surface area contributed by atoms with Crippen molar-refractivity contribution < 1.29 is 4.79 Å². The number of nitrogens with one attached hydrogen (secondary N) is 1. The summed E-state index contributed by atoms with van der Waals surface area (Å²) in [6, 6.07) is 15.5. The highest BCUT2D eigenvalue weighted by atomic mass is 35.5. The number of carbonyl (C=O) groups excluding carboxylic acids is 1. The summed E-state index contributed by atoms with van der Waals surface area (Å²) >= 11 is 5.82. The minimum absolute atomic E-state index is 0.110. The minimum Gasteiger partial charge on any atom is -0.273 e. The molecule has 1 aliphatic rings. The van der Waals surface area contributed by atoms with E-state index in [0.717, 1.165) is 24.1 Å². The molecule has 1 amide bonds. The van der Waals surface area contributed by atoms with Crippen LogP contribution in [0.2, 0.25) is 5.02 Å². The average Bonchev–Trinajstić information content (AvgIpc) is 2.90. The molecule has 0 heterocycles. The molecule has 1 aliphatic carbocycles. The lowest BCUT2D eigenvalue weighted by molar-refractivity contribution is -0.120. The van der Waals surface area contributed by atoms with Gasteiger partial charge in [-0.15, -0.1) is 0 Å². The second kappa shape index (κ2) is 6.10. The fourth-order valence-electron chi connectivity index (χ4n) is 2.45. The molecule has 2 aromatic carbocycles. The van der Waals surface area contributed by atoms with Gasteiger partial charge in [0, 0.05) is 23.6 Å². The van der Waals surface area contributed by atoms with E-state index in [1.165, 1.54) is 11.1 Å². The van der Waals surface area contributed by atoms with Gasteiger partial charge >= 0.3 is 0 Å². The van der Waals surface area contributed by atoms with Gasteiger partial charge in [0.15, 0.2) is 0 Å². The first-order valence-corrected chi connectivity index (χ1v) is 7.24. The number of rotatable bonds is 3. The number of amides is 1. The van der Waals surface area contributed by atoms with Crippen molar-refractivity contribution >= 4 is 23.2 Å². The van der Waals surface area contributed by atoms with Gasteiger partial charge in [-0.3, -0.25) is 4.79 Å². The van der Waals surface area contributed by atoms with E-state index >= 15 is 0 Å². The predicted molar refractivity (Wildman–Crippen MR) is 84.6 cm³/mol. The molecule has 0 aliphatic heterocycles. The maximum atomic E-state index is 11.9. The molecule has 0 unspecified atom stereocenters. The zero-order chi connectivity index (χ0) is 14.7. The Labute approximate surface area is 128 Å². The summed E-state index contributed by atoms with van der Waals surface area (Å²) in [6.45, 7) is 0. The smallest absolute Gasteiger partial charge is 0.244 e. The summed E-state index contributed by atoms with van der Waals surface area (Å²) in [4.78, 5) is 11.9. The van der Waals surface area contributed by atoms with Crippen LogP contribution < -0.4 is 5.43 Å². The van der Waals surface area contributed by atoms with E-state index in [0.29, 0.717) is 11.4 Å². The SMILES string of the molecule is O=C(Cc1ccc(Cl)cc1)NN=C1Cc2ccccc2C1. The van der Waals surface area contributed by atoms with Crippen molar-refractivity contribution in [3.63, 3.8) is 0 Å². The number of hydrogen-bond donors (Lipinski definition) is 1. The molecule has 3 nitrogen and oxygen atoms in total. The fourth-order valence-corrected chi connectivity index (χ4v) is 2.58. The van der Waals surface area contributed by atoms with Crippen LogP contribution in [0, 0.1) is 0 Å². The molecular formula is C17H15ClN2O. The Kier molecular flexibility index (Phi) is 4.02. The fraction of sp³-hybridized carbons (Fsp3) is 0.176. The number of halogens is 1. The van der Waals surface area contributed by atoms with E-state index in [1.54, 1.807) is 12.1 Å². The zero-order valence-electron chi connectivity index (χ0n) is 11.5. The van der Waals surface area contributed by atoms with Gasteiger partial charge < -0.3 is 0 Å². The van der Waals surface area contributed by atoms with Crippen molar-refractivity contribution in [3.8, 4) is 0 Å². The molecule has 0 saturated carbocycles. The Balaban J connectivity index is 1.57. The van der Waals surface area contributed by atoms with Crippen LogP contribution in [0.3, 0.4) is 0 Å². The van der Waals surface area contributed by atoms with Crippen molar-refractivity contribution in [1.82, 2.24) is 5.43 Å². The number of hydrazone groups is 1. The van der Waals surface area contributed by atoms with Crippen molar-refractivity contribution in [2.24, 2.45) is 5.10 Å². The maximum Gasteiger partial charge on any atom is 0.244 e. The summed E-state index contributed by atoms with van der Waals surface area (Å²) in [7, 11) is 0. The number of nitrogens with zero attached hydrogens (tertiary/aromatic N) is 1. The Bertz CT molecular complexity index is 665. The van der Waals surface area contributed by atoms with Crippen LogP contribution in [-0.2, 0) is 24.1 Å². The lowest BCUT2D eigenvalue weighted by atomic mass is 10.1. The van der Waals surface area contributed by atoms with Crippen LogP contribution in [-0.4, -0.2) is 11.6 Å². The van der Waals surface area contributed by atoms with Crippen LogP contribution >= 0.6 is 11.6 Å². The van der Waals surface area contributed by atoms with Crippen molar-refractivity contribution in [1.29, 1.82) is 0 Å². The normalized spacial score (nSPS) is 12.9. The van der Waals surface area contributed by atoms with E-state index in [4.69, 9.17) is 11.6 Å². The highest BCUT2D eigenvalue weighted by molar-refractivity contribution is 6.30. The topological polar surface area (TPSA) is 41.5 Å². The third-order valence-corrected chi connectivity index (χ3v) is 3.78. The van der Waals surface area contributed by atoms with Crippen LogP contribution in [0.4, 0.5) is 0 Å². The lowest BCUT2D eigenvalue weighted by Gasteiger charge is -2.02. The molecule has 4 heteroatoms. The Morgan fingerprint density at radius 1 is 1.05 bits per heavy atom. The maximum absolute atomic E-state index is 11.9. The molecule has 0 saturated heterocycles. The molecule has 3 rings (SSSR count). The van der Waals surface area contributed by atoms with E-state index in [1.807, 2.05) is 24.3 Å². The molecule has 0 radical (unpaired) electrons. The quantitative estimate of drug-likeness (QED) is 0.869. The lowest BCUT2D eigenvalue weighted by Crippen LogP contribution is -2.21. The molecule has 1 N–H and O–H groups in total. The first kappa shape index (κ1) is 13.8. The van der Waals surface area contributed by atoms with Gasteiger partial charge in [-0.2, -0.15) is 5.10 Å². The molecule has 106 valence electrons. The van der Waals surface area contributed by atoms with E-state index in [9.17, 15) is 4.79 Å². The van der Waals surface area contributed by atoms with E-state index in [2.05, 4.69) is 22.7 Å². The van der Waals surface area contributed by atoms with Gasteiger partial charge in [0.25, 0.3) is 0 Å². The van der Waals surface area contributed by atoms with E-state index in [-0.39, 0.29) is 5.91 Å². The van der Waals surface area contributed by atoms with Gasteiger partial charge in [0.05, 0.1) is 6.42 Å². The van der Waals surface area contributed by atoms with Gasteiger partial charge in [-0.1, -0.05) is 48.0 Å². The van der Waals surface area contributed by atoms with Crippen LogP contribution in [0.1, 0.15) is 16.7 Å². The first-order chi connectivity index (χ1) is 10.2. The van der Waals surface area contributed by atoms with Crippen LogP contribution in [0.25, 0.3) is 0 Å². The van der Waals surface area contributed by atoms with Gasteiger partial charge in [-0.25, -0.2) is 5.43 Å². The molecule has 0 atom stereocenters. The summed E-state index contributed by atoms with van der Waals surface area (Å²) < 4.78 is 0. The molecule has 0 fully saturated rings. The van der Waals surface area contributed by atoms with Crippen molar-refractivity contribution in [2.75, 3.05) is 0 Å². The number of benzene rings is 2. The van der Waals surface area contributed by atoms with Crippen LogP contribution in [0.5, 0.6) is 0 Å². The number of carbonyl (C=O) groups is 1. The Hall–Kier alpha value is -2.13. The third-order valence-electron chi connectivity index (χ3n) is 3.52. The average molecular weight is 299 g/mol. The minimum atomic E-state index is -0.110. The zero-order valence-corrected chi connectivity index (χ0v) is 12.2. The summed E-state index contributed by atoms with van der Waals surface area (Å²) in [5.41, 5.74) is 7.15. The molecule has 0 bridgehead atoms. The van der Waals surface area contributed by atoms with E-state index < -0.39 is 0 Å². The van der Waals surface area contributed by atoms with Crippen molar-refractivity contribution in [2.45, 2.75) is 19.3 Å². The molecule has 0 spiro atoms. The highest BCUT2D eigenvalue weighted by Crippen LogP contribution is 2.19.